The summed E-state index contributed by atoms with van der Waals surface area (Å²) in [7, 11) is 0. The number of hydrogen-bond donors (Lipinski definition) is 0. The molecule has 0 aromatic rings. The van der Waals surface area contributed by atoms with Crippen LogP contribution in [0.5, 0.6) is 0 Å². The third kappa shape index (κ3) is 1.98. The van der Waals surface area contributed by atoms with E-state index in [1.54, 1.807) is 11.1 Å². The molecule has 0 saturated carbocycles. The molecule has 1 unspecified atom stereocenters. The summed E-state index contributed by atoms with van der Waals surface area (Å²) < 4.78 is 0. The maximum Gasteiger partial charge on any atom is 0.0348 e. The van der Waals surface area contributed by atoms with E-state index < -0.39 is 0 Å². The summed E-state index contributed by atoms with van der Waals surface area (Å²) in [6, 6.07) is 0. The molecular formula is C20H24. The Labute approximate surface area is 123 Å². The van der Waals surface area contributed by atoms with Crippen molar-refractivity contribution >= 4 is 0 Å². The predicted octanol–water partition coefficient (Wildman–Crippen LogP) is 5.68. The van der Waals surface area contributed by atoms with Crippen LogP contribution in [0.1, 0.15) is 40.5 Å². The summed E-state index contributed by atoms with van der Waals surface area (Å²) in [6.07, 6.45) is 16.3. The van der Waals surface area contributed by atoms with Gasteiger partial charge in [0, 0.05) is 5.92 Å². The minimum absolute atomic E-state index is 0.494. The second-order valence-electron chi connectivity index (χ2n) is 6.37. The molecule has 1 atom stereocenters. The van der Waals surface area contributed by atoms with Gasteiger partial charge in [-0.2, -0.15) is 0 Å². The van der Waals surface area contributed by atoms with Crippen LogP contribution in [0, 0.1) is 11.8 Å². The van der Waals surface area contributed by atoms with Gasteiger partial charge < -0.3 is 0 Å². The van der Waals surface area contributed by atoms with Gasteiger partial charge in [0.25, 0.3) is 0 Å². The molecule has 0 heteroatoms. The molecule has 0 amide bonds. The van der Waals surface area contributed by atoms with Gasteiger partial charge in [-0.05, 0) is 52.7 Å². The van der Waals surface area contributed by atoms with Crippen LogP contribution in [0.15, 0.2) is 69.9 Å². The molecule has 0 aromatic carbocycles. The molecule has 3 aliphatic carbocycles. The molecule has 0 radical (unpaired) electrons. The van der Waals surface area contributed by atoms with Crippen molar-refractivity contribution in [1.29, 1.82) is 0 Å². The van der Waals surface area contributed by atoms with Crippen LogP contribution in [0.3, 0.4) is 0 Å². The van der Waals surface area contributed by atoms with Gasteiger partial charge in [-0.15, -0.1) is 0 Å². The lowest BCUT2D eigenvalue weighted by atomic mass is 9.67. The van der Waals surface area contributed by atoms with Gasteiger partial charge in [-0.25, -0.2) is 0 Å². The molecule has 0 fully saturated rings. The topological polar surface area (TPSA) is 0 Å². The molecule has 3 rings (SSSR count). The summed E-state index contributed by atoms with van der Waals surface area (Å²) in [5.74, 6) is 1.09. The summed E-state index contributed by atoms with van der Waals surface area (Å²) in [6.45, 7) is 9.17. The average molecular weight is 264 g/mol. The molecule has 0 bridgehead atoms. The summed E-state index contributed by atoms with van der Waals surface area (Å²) in [5, 5.41) is 0. The highest BCUT2D eigenvalue weighted by atomic mass is 14.4. The summed E-state index contributed by atoms with van der Waals surface area (Å²) >= 11 is 0. The molecule has 0 nitrogen and oxygen atoms in total. The Morgan fingerprint density at radius 3 is 2.65 bits per heavy atom. The van der Waals surface area contributed by atoms with Crippen LogP contribution >= 0.6 is 0 Å². The van der Waals surface area contributed by atoms with Gasteiger partial charge in [0.05, 0.1) is 0 Å². The van der Waals surface area contributed by atoms with E-state index in [9.17, 15) is 0 Å². The molecule has 0 spiro atoms. The van der Waals surface area contributed by atoms with Crippen molar-refractivity contribution in [2.45, 2.75) is 40.5 Å². The first kappa shape index (κ1) is 13.4. The Hall–Kier alpha value is -1.56. The van der Waals surface area contributed by atoms with Crippen LogP contribution in [0.4, 0.5) is 0 Å². The first-order chi connectivity index (χ1) is 9.63. The monoisotopic (exact) mass is 264 g/mol. The molecule has 0 saturated heterocycles. The maximum absolute atomic E-state index is 2.48. The van der Waals surface area contributed by atoms with E-state index >= 15 is 0 Å². The zero-order chi connectivity index (χ0) is 14.3. The van der Waals surface area contributed by atoms with E-state index in [4.69, 9.17) is 0 Å². The zero-order valence-corrected chi connectivity index (χ0v) is 13.0. The van der Waals surface area contributed by atoms with Gasteiger partial charge in [0.1, 0.15) is 0 Å². The second-order valence-corrected chi connectivity index (χ2v) is 6.37. The highest BCUT2D eigenvalue weighted by Crippen LogP contribution is 2.47. The van der Waals surface area contributed by atoms with Gasteiger partial charge >= 0.3 is 0 Å². The minimum atomic E-state index is 0.494. The predicted molar refractivity (Wildman–Crippen MR) is 87.4 cm³/mol. The van der Waals surface area contributed by atoms with E-state index in [0.717, 1.165) is 0 Å². The molecule has 0 aromatic heterocycles. The van der Waals surface area contributed by atoms with Crippen LogP contribution in [0.25, 0.3) is 0 Å². The van der Waals surface area contributed by atoms with Gasteiger partial charge in [-0.3, -0.25) is 0 Å². The van der Waals surface area contributed by atoms with E-state index in [2.05, 4.69) is 64.2 Å². The van der Waals surface area contributed by atoms with E-state index in [-0.39, 0.29) is 0 Å². The van der Waals surface area contributed by atoms with Crippen LogP contribution in [-0.2, 0) is 0 Å². The SMILES string of the molecule is CCCC1=CC(C(C)C)=C2C=CC=C3C=CC(C)=C1C32. The Morgan fingerprint density at radius 1 is 1.15 bits per heavy atom. The Morgan fingerprint density at radius 2 is 1.95 bits per heavy atom. The van der Waals surface area contributed by atoms with Crippen molar-refractivity contribution in [2.75, 3.05) is 0 Å². The van der Waals surface area contributed by atoms with Crippen molar-refractivity contribution in [3.05, 3.63) is 69.9 Å². The van der Waals surface area contributed by atoms with Crippen LogP contribution in [-0.4, -0.2) is 0 Å². The molecule has 0 aliphatic heterocycles. The van der Waals surface area contributed by atoms with Crippen molar-refractivity contribution in [1.82, 2.24) is 0 Å². The summed E-state index contributed by atoms with van der Waals surface area (Å²) in [4.78, 5) is 0. The zero-order valence-electron chi connectivity index (χ0n) is 13.0. The fourth-order valence-electron chi connectivity index (χ4n) is 3.67. The minimum Gasteiger partial charge on any atom is -0.0651 e. The van der Waals surface area contributed by atoms with Crippen molar-refractivity contribution in [3.63, 3.8) is 0 Å². The Kier molecular flexibility index (Phi) is 3.41. The number of hydrogen-bond acceptors (Lipinski definition) is 0. The van der Waals surface area contributed by atoms with Crippen LogP contribution < -0.4 is 0 Å². The molecule has 0 N–H and O–H groups in total. The van der Waals surface area contributed by atoms with Crippen LogP contribution in [0.2, 0.25) is 0 Å². The van der Waals surface area contributed by atoms with Gasteiger partial charge in [-0.1, -0.05) is 63.6 Å². The third-order valence-electron chi connectivity index (χ3n) is 4.60. The van der Waals surface area contributed by atoms with E-state index in [1.165, 1.54) is 35.1 Å². The quantitative estimate of drug-likeness (QED) is 0.615. The van der Waals surface area contributed by atoms with Crippen molar-refractivity contribution in [3.8, 4) is 0 Å². The lowest BCUT2D eigenvalue weighted by molar-refractivity contribution is 0.718. The molecule has 0 heterocycles. The Balaban J connectivity index is 2.23. The van der Waals surface area contributed by atoms with E-state index in [0.29, 0.717) is 11.8 Å². The second kappa shape index (κ2) is 5.09. The fraction of sp³-hybridized carbons (Fsp3) is 0.400. The molecular weight excluding hydrogens is 240 g/mol. The standard InChI is InChI=1S/C20H24/c1-5-7-16-12-18(13(2)3)17-9-6-8-15-11-10-14(4)19(16)20(15)17/h6,8-13,20H,5,7H2,1-4H3. The van der Waals surface area contributed by atoms with E-state index in [1.807, 2.05) is 0 Å². The molecule has 104 valence electrons. The lowest BCUT2D eigenvalue weighted by Crippen LogP contribution is -2.22. The van der Waals surface area contributed by atoms with Gasteiger partial charge in [0.2, 0.25) is 0 Å². The fourth-order valence-corrected chi connectivity index (χ4v) is 3.67. The Bertz CT molecular complexity index is 612. The third-order valence-corrected chi connectivity index (χ3v) is 4.60. The smallest absolute Gasteiger partial charge is 0.0348 e. The van der Waals surface area contributed by atoms with Crippen molar-refractivity contribution in [2.24, 2.45) is 11.8 Å². The maximum atomic E-state index is 2.48. The molecule has 20 heavy (non-hydrogen) atoms. The largest absolute Gasteiger partial charge is 0.0651 e. The normalized spacial score (nSPS) is 24.1. The number of rotatable bonds is 3. The molecule has 3 aliphatic rings. The number of allylic oxidation sites excluding steroid dienone is 12. The summed E-state index contributed by atoms with van der Waals surface area (Å²) in [5.41, 5.74) is 9.10. The first-order valence-corrected chi connectivity index (χ1v) is 7.85. The average Bonchev–Trinajstić information content (AvgIpc) is 2.43. The van der Waals surface area contributed by atoms with Crippen molar-refractivity contribution < 1.29 is 0 Å². The van der Waals surface area contributed by atoms with Gasteiger partial charge in [0.15, 0.2) is 0 Å². The first-order valence-electron chi connectivity index (χ1n) is 7.85. The lowest BCUT2D eigenvalue weighted by Gasteiger charge is -2.37. The highest BCUT2D eigenvalue weighted by molar-refractivity contribution is 5.65. The highest BCUT2D eigenvalue weighted by Gasteiger charge is 2.33.